The van der Waals surface area contributed by atoms with Crippen LogP contribution in [0.2, 0.25) is 0 Å². The van der Waals surface area contributed by atoms with Crippen molar-refractivity contribution in [3.05, 3.63) is 100.0 Å². The third-order valence-corrected chi connectivity index (χ3v) is 5.23. The molecule has 1 amide bonds. The fourth-order valence-corrected chi connectivity index (χ4v) is 3.59. The molecule has 30 heavy (non-hydrogen) atoms. The van der Waals surface area contributed by atoms with Gasteiger partial charge in [-0.25, -0.2) is 5.01 Å². The number of aromatic nitrogens is 1. The number of pyridine rings is 1. The lowest BCUT2D eigenvalue weighted by Crippen LogP contribution is -2.33. The molecule has 0 aliphatic carbocycles. The van der Waals surface area contributed by atoms with Gasteiger partial charge in [-0.05, 0) is 41.8 Å². The summed E-state index contributed by atoms with van der Waals surface area (Å²) in [5.74, 6) is 0.526. The maximum Gasteiger partial charge on any atom is 0.263 e. The Balaban J connectivity index is 1.66. The van der Waals surface area contributed by atoms with Crippen molar-refractivity contribution in [1.29, 1.82) is 0 Å². The van der Waals surface area contributed by atoms with Crippen molar-refractivity contribution in [2.45, 2.75) is 25.9 Å². The third-order valence-electron chi connectivity index (χ3n) is 5.23. The van der Waals surface area contributed by atoms with E-state index >= 15 is 0 Å². The van der Waals surface area contributed by atoms with E-state index in [9.17, 15) is 9.59 Å². The van der Waals surface area contributed by atoms with E-state index in [1.807, 2.05) is 67.6 Å². The summed E-state index contributed by atoms with van der Waals surface area (Å²) in [6.07, 6.45) is 2.25. The van der Waals surface area contributed by atoms with Gasteiger partial charge in [0.05, 0.1) is 18.9 Å². The Kier molecular flexibility index (Phi) is 5.48. The lowest BCUT2D eigenvalue weighted by molar-refractivity contribution is -0.133. The molecule has 0 fully saturated rings. The maximum atomic E-state index is 13.2. The van der Waals surface area contributed by atoms with Crippen LogP contribution in [0.3, 0.4) is 0 Å². The van der Waals surface area contributed by atoms with E-state index in [1.165, 1.54) is 15.6 Å². The number of hydrazone groups is 1. The molecule has 2 aromatic carbocycles. The normalized spacial score (nSPS) is 15.7. The number of aryl methyl sites for hydroxylation is 1. The smallest absolute Gasteiger partial charge is 0.263 e. The second kappa shape index (κ2) is 8.37. The predicted molar refractivity (Wildman–Crippen MR) is 116 cm³/mol. The van der Waals surface area contributed by atoms with Crippen LogP contribution >= 0.6 is 0 Å². The molecule has 3 aromatic rings. The van der Waals surface area contributed by atoms with Crippen LogP contribution in [0.1, 0.15) is 29.2 Å². The Morgan fingerprint density at radius 3 is 2.50 bits per heavy atom. The molecule has 0 saturated heterocycles. The summed E-state index contributed by atoms with van der Waals surface area (Å²) in [6.45, 7) is 1.79. The van der Waals surface area contributed by atoms with Crippen LogP contribution in [0.5, 0.6) is 5.75 Å². The highest BCUT2D eigenvalue weighted by molar-refractivity contribution is 6.03. The molecular formula is C24H23N3O3. The van der Waals surface area contributed by atoms with Crippen LogP contribution in [0, 0.1) is 6.92 Å². The molecule has 6 nitrogen and oxygen atoms in total. The molecular weight excluding hydrogens is 378 g/mol. The van der Waals surface area contributed by atoms with Crippen molar-refractivity contribution >= 4 is 11.6 Å². The number of amides is 1. The van der Waals surface area contributed by atoms with Crippen LogP contribution < -0.4 is 10.3 Å². The third kappa shape index (κ3) is 4.03. The van der Waals surface area contributed by atoms with Crippen molar-refractivity contribution in [3.8, 4) is 5.75 Å². The minimum Gasteiger partial charge on any atom is -0.497 e. The standard InChI is InChI=1S/C24H23N3O3/c1-17-12-13-26(23(28)14-17)16-24(29)27-22(19-8-10-20(30-2)11-9-19)15-21(25-27)18-6-4-3-5-7-18/h3-14,22H,15-16H2,1-2H3. The molecule has 0 saturated carbocycles. The molecule has 0 N–H and O–H groups in total. The number of hydrogen-bond acceptors (Lipinski definition) is 4. The van der Waals surface area contributed by atoms with Crippen LogP contribution in [0.4, 0.5) is 0 Å². The first-order valence-electron chi connectivity index (χ1n) is 9.81. The summed E-state index contributed by atoms with van der Waals surface area (Å²) in [5.41, 5.74) is 3.47. The number of nitrogens with zero attached hydrogens (tertiary/aromatic N) is 3. The first-order valence-corrected chi connectivity index (χ1v) is 9.81. The van der Waals surface area contributed by atoms with Gasteiger partial charge in [0, 0.05) is 18.7 Å². The first-order chi connectivity index (χ1) is 14.5. The van der Waals surface area contributed by atoms with Gasteiger partial charge in [0.1, 0.15) is 12.3 Å². The Bertz CT molecular complexity index is 1130. The molecule has 0 spiro atoms. The number of hydrogen-bond donors (Lipinski definition) is 0. The Morgan fingerprint density at radius 2 is 1.83 bits per heavy atom. The molecule has 6 heteroatoms. The molecule has 4 rings (SSSR count). The van der Waals surface area contributed by atoms with E-state index in [1.54, 1.807) is 13.3 Å². The van der Waals surface area contributed by atoms with E-state index in [-0.39, 0.29) is 24.1 Å². The fourth-order valence-electron chi connectivity index (χ4n) is 3.59. The Morgan fingerprint density at radius 1 is 1.10 bits per heavy atom. The second-order valence-electron chi connectivity index (χ2n) is 7.31. The summed E-state index contributed by atoms with van der Waals surface area (Å²) in [4.78, 5) is 25.4. The van der Waals surface area contributed by atoms with E-state index in [2.05, 4.69) is 5.10 Å². The SMILES string of the molecule is COc1ccc(C2CC(c3ccccc3)=NN2C(=O)Cn2ccc(C)cc2=O)cc1. The highest BCUT2D eigenvalue weighted by Crippen LogP contribution is 2.33. The van der Waals surface area contributed by atoms with Gasteiger partial charge < -0.3 is 9.30 Å². The Labute approximate surface area is 175 Å². The molecule has 1 aliphatic rings. The van der Waals surface area contributed by atoms with E-state index in [0.717, 1.165) is 28.2 Å². The van der Waals surface area contributed by atoms with Gasteiger partial charge >= 0.3 is 0 Å². The van der Waals surface area contributed by atoms with Gasteiger partial charge in [0.2, 0.25) is 0 Å². The lowest BCUT2D eigenvalue weighted by atomic mass is 9.98. The number of rotatable bonds is 5. The largest absolute Gasteiger partial charge is 0.497 e. The Hall–Kier alpha value is -3.67. The molecule has 1 aromatic heterocycles. The fraction of sp³-hybridized carbons (Fsp3) is 0.208. The van der Waals surface area contributed by atoms with Crippen molar-refractivity contribution < 1.29 is 9.53 Å². The zero-order valence-corrected chi connectivity index (χ0v) is 17.0. The van der Waals surface area contributed by atoms with Crippen molar-refractivity contribution in [2.75, 3.05) is 7.11 Å². The van der Waals surface area contributed by atoms with Crippen LogP contribution in [-0.2, 0) is 11.3 Å². The van der Waals surface area contributed by atoms with Crippen LogP contribution in [-0.4, -0.2) is 28.3 Å². The first kappa shape index (κ1) is 19.6. The van der Waals surface area contributed by atoms with Gasteiger partial charge in [0.15, 0.2) is 0 Å². The van der Waals surface area contributed by atoms with Crippen LogP contribution in [0.15, 0.2) is 82.8 Å². The molecule has 1 aliphatic heterocycles. The second-order valence-corrected chi connectivity index (χ2v) is 7.31. The quantitative estimate of drug-likeness (QED) is 0.657. The van der Waals surface area contributed by atoms with Gasteiger partial charge in [-0.3, -0.25) is 9.59 Å². The summed E-state index contributed by atoms with van der Waals surface area (Å²) in [5, 5.41) is 6.17. The minimum absolute atomic E-state index is 0.0582. The van der Waals surface area contributed by atoms with E-state index in [0.29, 0.717) is 6.42 Å². The number of carbonyl (C=O) groups is 1. The monoisotopic (exact) mass is 401 g/mol. The van der Waals surface area contributed by atoms with Gasteiger partial charge in [-0.2, -0.15) is 5.10 Å². The highest BCUT2D eigenvalue weighted by Gasteiger charge is 2.33. The number of methoxy groups -OCH3 is 1. The number of carbonyl (C=O) groups excluding carboxylic acids is 1. The molecule has 152 valence electrons. The van der Waals surface area contributed by atoms with Gasteiger partial charge in [-0.15, -0.1) is 0 Å². The zero-order chi connectivity index (χ0) is 21.1. The maximum absolute atomic E-state index is 13.2. The average molecular weight is 401 g/mol. The topological polar surface area (TPSA) is 63.9 Å². The van der Waals surface area contributed by atoms with Crippen molar-refractivity contribution in [1.82, 2.24) is 9.58 Å². The van der Waals surface area contributed by atoms with Crippen LogP contribution in [0.25, 0.3) is 0 Å². The number of benzene rings is 2. The summed E-state index contributed by atoms with van der Waals surface area (Å²) < 4.78 is 6.66. The molecule has 1 unspecified atom stereocenters. The van der Waals surface area contributed by atoms with Gasteiger partial charge in [-0.1, -0.05) is 42.5 Å². The van der Waals surface area contributed by atoms with Gasteiger partial charge in [0.25, 0.3) is 11.5 Å². The lowest BCUT2D eigenvalue weighted by Gasteiger charge is -2.22. The zero-order valence-electron chi connectivity index (χ0n) is 17.0. The van der Waals surface area contributed by atoms with Crippen molar-refractivity contribution in [3.63, 3.8) is 0 Å². The van der Waals surface area contributed by atoms with E-state index < -0.39 is 0 Å². The summed E-state index contributed by atoms with van der Waals surface area (Å²) in [7, 11) is 1.62. The average Bonchev–Trinajstić information content (AvgIpc) is 3.22. The van der Waals surface area contributed by atoms with E-state index in [4.69, 9.17) is 4.74 Å². The summed E-state index contributed by atoms with van der Waals surface area (Å²) in [6, 6.07) is 20.6. The summed E-state index contributed by atoms with van der Waals surface area (Å²) >= 11 is 0. The molecule has 1 atom stereocenters. The highest BCUT2D eigenvalue weighted by atomic mass is 16.5. The molecule has 2 heterocycles. The van der Waals surface area contributed by atoms with Crippen molar-refractivity contribution in [2.24, 2.45) is 5.10 Å². The molecule has 0 radical (unpaired) electrons. The molecule has 0 bridgehead atoms. The predicted octanol–water partition coefficient (Wildman–Crippen LogP) is 3.54. The minimum atomic E-state index is -0.236. The number of ether oxygens (including phenoxy) is 1.